The lowest BCUT2D eigenvalue weighted by Gasteiger charge is -2.09. The van der Waals surface area contributed by atoms with Gasteiger partial charge in [0.15, 0.2) is 0 Å². The lowest BCUT2D eigenvalue weighted by molar-refractivity contribution is 0.102. The van der Waals surface area contributed by atoms with Crippen molar-refractivity contribution in [1.29, 1.82) is 0 Å². The Morgan fingerprint density at radius 2 is 2.05 bits per heavy atom. The van der Waals surface area contributed by atoms with E-state index in [1.807, 2.05) is 6.92 Å². The molecule has 2 rings (SSSR count). The number of carbonyl (C=O) groups is 1. The average Bonchev–Trinajstić information content (AvgIpc) is 2.45. The van der Waals surface area contributed by atoms with Crippen molar-refractivity contribution in [3.8, 4) is 0 Å². The molecule has 0 saturated carbocycles. The Kier molecular flexibility index (Phi) is 5.45. The van der Waals surface area contributed by atoms with E-state index in [9.17, 15) is 4.79 Å². The van der Waals surface area contributed by atoms with Crippen LogP contribution in [0.2, 0.25) is 10.0 Å². The molecule has 1 aromatic carbocycles. The van der Waals surface area contributed by atoms with Crippen molar-refractivity contribution in [3.63, 3.8) is 0 Å². The van der Waals surface area contributed by atoms with Gasteiger partial charge in [0.2, 0.25) is 0 Å². The van der Waals surface area contributed by atoms with Gasteiger partial charge in [-0.25, -0.2) is 4.98 Å². The maximum Gasteiger partial charge on any atom is 0.257 e. The summed E-state index contributed by atoms with van der Waals surface area (Å²) in [6.07, 6.45) is 1.46. The smallest absolute Gasteiger partial charge is 0.257 e. The molecule has 1 amide bonds. The predicted octanol–water partition coefficient (Wildman–Crippen LogP) is 4.84. The van der Waals surface area contributed by atoms with E-state index in [1.165, 1.54) is 6.20 Å². The highest BCUT2D eigenvalue weighted by molar-refractivity contribution is 9.10. The first-order valence-corrected chi connectivity index (χ1v) is 7.72. The number of pyridine rings is 1. The molecule has 0 aliphatic heterocycles. The molecule has 0 spiro atoms. The molecular weight excluding hydrogens is 377 g/mol. The van der Waals surface area contributed by atoms with Gasteiger partial charge in [0.25, 0.3) is 5.91 Å². The van der Waals surface area contributed by atoms with Gasteiger partial charge in [0.05, 0.1) is 21.3 Å². The SMILES string of the molecule is CCNc1ncc(C(=O)Nc2cc(Br)ccc2Cl)cc1Cl. The molecule has 0 saturated heterocycles. The van der Waals surface area contributed by atoms with Gasteiger partial charge in [0, 0.05) is 17.2 Å². The number of amides is 1. The van der Waals surface area contributed by atoms with Crippen LogP contribution < -0.4 is 10.6 Å². The van der Waals surface area contributed by atoms with E-state index in [1.54, 1.807) is 24.3 Å². The second-order valence-electron chi connectivity index (χ2n) is 4.16. The van der Waals surface area contributed by atoms with Crippen molar-refractivity contribution in [1.82, 2.24) is 4.98 Å². The average molecular weight is 389 g/mol. The molecule has 110 valence electrons. The van der Waals surface area contributed by atoms with Crippen LogP contribution in [0.25, 0.3) is 0 Å². The monoisotopic (exact) mass is 387 g/mol. The van der Waals surface area contributed by atoms with Crippen molar-refractivity contribution in [2.75, 3.05) is 17.2 Å². The van der Waals surface area contributed by atoms with E-state index < -0.39 is 0 Å². The standard InChI is InChI=1S/C14H12BrCl2N3O/c1-2-18-13-11(17)5-8(7-19-13)14(21)20-12-6-9(15)3-4-10(12)16/h3-7H,2H2,1H3,(H,18,19)(H,20,21). The summed E-state index contributed by atoms with van der Waals surface area (Å²) in [6.45, 7) is 2.64. The molecule has 2 N–H and O–H groups in total. The molecule has 1 heterocycles. The number of aromatic nitrogens is 1. The van der Waals surface area contributed by atoms with E-state index in [4.69, 9.17) is 23.2 Å². The Morgan fingerprint density at radius 3 is 2.71 bits per heavy atom. The largest absolute Gasteiger partial charge is 0.369 e. The molecule has 1 aromatic heterocycles. The maximum absolute atomic E-state index is 12.2. The molecule has 0 atom stereocenters. The zero-order chi connectivity index (χ0) is 15.4. The molecule has 4 nitrogen and oxygen atoms in total. The Bertz CT molecular complexity index is 679. The van der Waals surface area contributed by atoms with Crippen LogP contribution in [0.1, 0.15) is 17.3 Å². The molecule has 7 heteroatoms. The molecule has 0 aliphatic carbocycles. The molecule has 0 fully saturated rings. The van der Waals surface area contributed by atoms with Crippen LogP contribution >= 0.6 is 39.1 Å². The summed E-state index contributed by atoms with van der Waals surface area (Å²) in [4.78, 5) is 16.3. The molecule has 0 bridgehead atoms. The molecule has 21 heavy (non-hydrogen) atoms. The van der Waals surface area contributed by atoms with Crippen LogP contribution in [0, 0.1) is 0 Å². The zero-order valence-corrected chi connectivity index (χ0v) is 14.2. The Morgan fingerprint density at radius 1 is 1.29 bits per heavy atom. The van der Waals surface area contributed by atoms with Gasteiger partial charge in [-0.15, -0.1) is 0 Å². The van der Waals surface area contributed by atoms with Crippen molar-refractivity contribution in [3.05, 3.63) is 50.5 Å². The molecule has 2 aromatic rings. The van der Waals surface area contributed by atoms with Crippen molar-refractivity contribution in [2.24, 2.45) is 0 Å². The second kappa shape index (κ2) is 7.11. The van der Waals surface area contributed by atoms with Crippen molar-refractivity contribution < 1.29 is 4.79 Å². The third-order valence-corrected chi connectivity index (χ3v) is 3.74. The normalized spacial score (nSPS) is 10.3. The minimum atomic E-state index is -0.326. The van der Waals surface area contributed by atoms with Crippen molar-refractivity contribution >= 4 is 56.5 Å². The molecular formula is C14H12BrCl2N3O. The molecule has 0 unspecified atom stereocenters. The third-order valence-electron chi connectivity index (χ3n) is 2.62. The lowest BCUT2D eigenvalue weighted by atomic mass is 10.2. The summed E-state index contributed by atoms with van der Waals surface area (Å²) in [6, 6.07) is 6.78. The van der Waals surface area contributed by atoms with Gasteiger partial charge < -0.3 is 10.6 Å². The van der Waals surface area contributed by atoms with Gasteiger partial charge in [-0.1, -0.05) is 39.1 Å². The summed E-state index contributed by atoms with van der Waals surface area (Å²) >= 11 is 15.4. The second-order valence-corrected chi connectivity index (χ2v) is 5.89. The summed E-state index contributed by atoms with van der Waals surface area (Å²) in [5, 5.41) is 6.58. The number of hydrogen-bond acceptors (Lipinski definition) is 3. The highest BCUT2D eigenvalue weighted by atomic mass is 79.9. The van der Waals surface area contributed by atoms with Gasteiger partial charge in [-0.2, -0.15) is 0 Å². The fourth-order valence-electron chi connectivity index (χ4n) is 1.65. The number of rotatable bonds is 4. The Balaban J connectivity index is 2.20. The van der Waals surface area contributed by atoms with E-state index in [0.717, 1.165) is 4.47 Å². The molecule has 0 radical (unpaired) electrons. The van der Waals surface area contributed by atoms with Crippen LogP contribution in [-0.2, 0) is 0 Å². The van der Waals surface area contributed by atoms with E-state index in [0.29, 0.717) is 33.7 Å². The fraction of sp³-hybridized carbons (Fsp3) is 0.143. The highest BCUT2D eigenvalue weighted by Crippen LogP contribution is 2.27. The quantitative estimate of drug-likeness (QED) is 0.788. The summed E-state index contributed by atoms with van der Waals surface area (Å²) in [7, 11) is 0. The van der Waals surface area contributed by atoms with Gasteiger partial charge >= 0.3 is 0 Å². The maximum atomic E-state index is 12.2. The number of carbonyl (C=O) groups excluding carboxylic acids is 1. The summed E-state index contributed by atoms with van der Waals surface area (Å²) < 4.78 is 0.820. The minimum Gasteiger partial charge on any atom is -0.369 e. The summed E-state index contributed by atoms with van der Waals surface area (Å²) in [5.74, 6) is 0.226. The van der Waals surface area contributed by atoms with Crippen LogP contribution in [0.3, 0.4) is 0 Å². The lowest BCUT2D eigenvalue weighted by Crippen LogP contribution is -2.13. The topological polar surface area (TPSA) is 54.0 Å². The minimum absolute atomic E-state index is 0.326. The van der Waals surface area contributed by atoms with Crippen LogP contribution in [0.5, 0.6) is 0 Å². The van der Waals surface area contributed by atoms with E-state index in [-0.39, 0.29) is 5.91 Å². The first-order chi connectivity index (χ1) is 10.0. The molecule has 0 aliphatic rings. The van der Waals surface area contributed by atoms with Crippen LogP contribution in [0.4, 0.5) is 11.5 Å². The van der Waals surface area contributed by atoms with Crippen LogP contribution in [-0.4, -0.2) is 17.4 Å². The number of anilines is 2. The third kappa shape index (κ3) is 4.09. The van der Waals surface area contributed by atoms with Crippen LogP contribution in [0.15, 0.2) is 34.9 Å². The van der Waals surface area contributed by atoms with Crippen molar-refractivity contribution in [2.45, 2.75) is 6.92 Å². The summed E-state index contributed by atoms with van der Waals surface area (Å²) in [5.41, 5.74) is 0.876. The van der Waals surface area contributed by atoms with Gasteiger partial charge in [0.1, 0.15) is 5.82 Å². The van der Waals surface area contributed by atoms with E-state index >= 15 is 0 Å². The zero-order valence-electron chi connectivity index (χ0n) is 11.1. The highest BCUT2D eigenvalue weighted by Gasteiger charge is 2.12. The number of nitrogens with zero attached hydrogens (tertiary/aromatic N) is 1. The predicted molar refractivity (Wildman–Crippen MR) is 90.5 cm³/mol. The fourth-order valence-corrected chi connectivity index (χ4v) is 2.41. The van der Waals surface area contributed by atoms with Gasteiger partial charge in [-0.05, 0) is 31.2 Å². The number of halogens is 3. The Hall–Kier alpha value is -1.30. The number of hydrogen-bond donors (Lipinski definition) is 2. The first kappa shape index (κ1) is 16.1. The number of benzene rings is 1. The first-order valence-electron chi connectivity index (χ1n) is 6.17. The Labute approximate surface area is 141 Å². The van der Waals surface area contributed by atoms with Gasteiger partial charge in [-0.3, -0.25) is 4.79 Å². The van der Waals surface area contributed by atoms with E-state index in [2.05, 4.69) is 31.5 Å². The number of nitrogens with one attached hydrogen (secondary N) is 2.